The van der Waals surface area contributed by atoms with Gasteiger partial charge in [-0.25, -0.2) is 17.5 Å². The summed E-state index contributed by atoms with van der Waals surface area (Å²) in [5.74, 6) is -0.672. The maximum absolute atomic E-state index is 13.9. The first kappa shape index (κ1) is 16.1. The van der Waals surface area contributed by atoms with Crippen molar-refractivity contribution in [2.45, 2.75) is 24.8 Å². The Morgan fingerprint density at radius 3 is 2.58 bits per heavy atom. The summed E-state index contributed by atoms with van der Waals surface area (Å²) in [4.78, 5) is -0.487. The molecule has 0 aliphatic rings. The van der Waals surface area contributed by atoms with Crippen molar-refractivity contribution in [1.29, 1.82) is 0 Å². The van der Waals surface area contributed by atoms with Gasteiger partial charge in [-0.3, -0.25) is 4.21 Å². The number of rotatable bonds is 5. The summed E-state index contributed by atoms with van der Waals surface area (Å²) in [6.45, 7) is 3.01. The van der Waals surface area contributed by atoms with E-state index in [4.69, 9.17) is 5.73 Å². The van der Waals surface area contributed by atoms with Crippen LogP contribution in [0, 0.1) is 12.7 Å². The Morgan fingerprint density at radius 1 is 1.47 bits per heavy atom. The van der Waals surface area contributed by atoms with E-state index in [1.807, 2.05) is 0 Å². The van der Waals surface area contributed by atoms with Gasteiger partial charge in [-0.05, 0) is 31.5 Å². The molecular formula is C11H17FN2O3S2. The van der Waals surface area contributed by atoms with Crippen molar-refractivity contribution >= 4 is 26.5 Å². The Hall–Kier alpha value is -0.990. The summed E-state index contributed by atoms with van der Waals surface area (Å²) < 4.78 is 51.3. The molecule has 1 rings (SSSR count). The highest BCUT2D eigenvalue weighted by Crippen LogP contribution is 2.21. The van der Waals surface area contributed by atoms with Gasteiger partial charge in [0.05, 0.1) is 0 Å². The number of sulfonamides is 1. The zero-order valence-electron chi connectivity index (χ0n) is 10.9. The van der Waals surface area contributed by atoms with E-state index in [0.29, 0.717) is 0 Å². The van der Waals surface area contributed by atoms with Crippen molar-refractivity contribution in [1.82, 2.24) is 4.72 Å². The Bertz CT molecular complexity index is 602. The fraction of sp³-hybridized carbons (Fsp3) is 0.455. The first-order chi connectivity index (χ1) is 8.63. The third-order valence-corrected chi connectivity index (χ3v) is 4.93. The Labute approximate surface area is 114 Å². The monoisotopic (exact) mass is 308 g/mol. The lowest BCUT2D eigenvalue weighted by Crippen LogP contribution is -2.36. The van der Waals surface area contributed by atoms with Gasteiger partial charge < -0.3 is 5.73 Å². The third-order valence-electron chi connectivity index (χ3n) is 2.37. The van der Waals surface area contributed by atoms with Crippen LogP contribution in [0.2, 0.25) is 0 Å². The normalized spacial score (nSPS) is 15.2. The molecule has 0 saturated heterocycles. The molecule has 0 aliphatic heterocycles. The van der Waals surface area contributed by atoms with E-state index in [0.717, 1.165) is 6.07 Å². The number of aryl methyl sites for hydroxylation is 1. The molecule has 0 fully saturated rings. The highest BCUT2D eigenvalue weighted by atomic mass is 32.2. The molecular weight excluding hydrogens is 291 g/mol. The van der Waals surface area contributed by atoms with E-state index < -0.39 is 37.6 Å². The summed E-state index contributed by atoms with van der Waals surface area (Å²) >= 11 is 0. The molecule has 0 aliphatic carbocycles. The summed E-state index contributed by atoms with van der Waals surface area (Å²) in [6.07, 6.45) is 1.47. The first-order valence-corrected chi connectivity index (χ1v) is 8.72. The lowest BCUT2D eigenvalue weighted by Gasteiger charge is -2.14. The molecule has 1 aromatic rings. The zero-order chi connectivity index (χ0) is 14.8. The number of benzene rings is 1. The summed E-state index contributed by atoms with van der Waals surface area (Å²) in [6, 6.07) is 1.87. The number of hydrogen-bond acceptors (Lipinski definition) is 4. The van der Waals surface area contributed by atoms with Gasteiger partial charge in [-0.2, -0.15) is 0 Å². The molecule has 0 saturated carbocycles. The van der Waals surface area contributed by atoms with Crippen molar-refractivity contribution in [2.75, 3.05) is 17.7 Å². The van der Waals surface area contributed by atoms with Crippen LogP contribution in [0.5, 0.6) is 0 Å². The van der Waals surface area contributed by atoms with Gasteiger partial charge in [0.2, 0.25) is 10.0 Å². The molecule has 2 atom stereocenters. The van der Waals surface area contributed by atoms with E-state index in [1.54, 1.807) is 6.92 Å². The Balaban J connectivity index is 3.11. The average Bonchev–Trinajstić information content (AvgIpc) is 2.20. The maximum Gasteiger partial charge on any atom is 0.243 e. The molecule has 0 bridgehead atoms. The lowest BCUT2D eigenvalue weighted by molar-refractivity contribution is 0.546. The van der Waals surface area contributed by atoms with Crippen LogP contribution in [0.25, 0.3) is 0 Å². The molecule has 108 valence electrons. The maximum atomic E-state index is 13.9. The van der Waals surface area contributed by atoms with Crippen molar-refractivity contribution < 1.29 is 17.0 Å². The van der Waals surface area contributed by atoms with Crippen molar-refractivity contribution in [3.8, 4) is 0 Å². The minimum absolute atomic E-state index is 0.155. The van der Waals surface area contributed by atoms with Crippen LogP contribution in [0.3, 0.4) is 0 Å². The molecule has 2 unspecified atom stereocenters. The molecule has 0 heterocycles. The predicted molar refractivity (Wildman–Crippen MR) is 74.3 cm³/mol. The van der Waals surface area contributed by atoms with Crippen molar-refractivity contribution in [3.05, 3.63) is 23.5 Å². The van der Waals surface area contributed by atoms with Crippen molar-refractivity contribution in [2.24, 2.45) is 0 Å². The Kier molecular flexibility index (Phi) is 5.05. The molecule has 3 N–H and O–H groups in total. The minimum Gasteiger partial charge on any atom is -0.399 e. The fourth-order valence-corrected chi connectivity index (χ4v) is 4.00. The summed E-state index contributed by atoms with van der Waals surface area (Å²) in [5, 5.41) is 0. The first-order valence-electron chi connectivity index (χ1n) is 5.51. The fourth-order valence-electron chi connectivity index (χ4n) is 1.67. The topological polar surface area (TPSA) is 89.3 Å². The number of halogens is 1. The molecule has 5 nitrogen and oxygen atoms in total. The molecule has 0 amide bonds. The molecule has 19 heavy (non-hydrogen) atoms. The lowest BCUT2D eigenvalue weighted by atomic mass is 10.2. The van der Waals surface area contributed by atoms with E-state index in [1.165, 1.54) is 19.2 Å². The minimum atomic E-state index is -4.02. The quantitative estimate of drug-likeness (QED) is 0.786. The largest absolute Gasteiger partial charge is 0.399 e. The van der Waals surface area contributed by atoms with Crippen molar-refractivity contribution in [3.63, 3.8) is 0 Å². The van der Waals surface area contributed by atoms with E-state index in [9.17, 15) is 17.0 Å². The Morgan fingerprint density at radius 2 is 2.05 bits per heavy atom. The number of nitrogen functional groups attached to an aromatic ring is 1. The van der Waals surface area contributed by atoms with Crippen LogP contribution in [0.4, 0.5) is 10.1 Å². The average molecular weight is 308 g/mol. The van der Waals surface area contributed by atoms with E-state index in [2.05, 4.69) is 4.72 Å². The van der Waals surface area contributed by atoms with Gasteiger partial charge in [0.25, 0.3) is 0 Å². The molecule has 0 aromatic heterocycles. The second-order valence-electron chi connectivity index (χ2n) is 4.41. The van der Waals surface area contributed by atoms with Crippen LogP contribution in [0.15, 0.2) is 17.0 Å². The summed E-state index contributed by atoms with van der Waals surface area (Å²) in [5.41, 5.74) is 5.86. The highest BCUT2D eigenvalue weighted by Gasteiger charge is 2.23. The van der Waals surface area contributed by atoms with Crippen LogP contribution in [-0.4, -0.2) is 30.7 Å². The van der Waals surface area contributed by atoms with Gasteiger partial charge in [0.15, 0.2) is 0 Å². The number of anilines is 1. The molecule has 0 radical (unpaired) electrons. The second kappa shape index (κ2) is 5.98. The molecule has 0 spiro atoms. The van der Waals surface area contributed by atoms with Gasteiger partial charge >= 0.3 is 0 Å². The molecule has 8 heteroatoms. The smallest absolute Gasteiger partial charge is 0.243 e. The number of nitrogens with one attached hydrogen (secondary N) is 1. The van der Waals surface area contributed by atoms with Gasteiger partial charge in [-0.15, -0.1) is 0 Å². The number of hydrogen-bond donors (Lipinski definition) is 2. The summed E-state index contributed by atoms with van der Waals surface area (Å²) in [7, 11) is -5.17. The van der Waals surface area contributed by atoms with Crippen LogP contribution in [-0.2, 0) is 20.8 Å². The molecule has 1 aromatic carbocycles. The standard InChI is InChI=1S/C11H17FN2O3S2/c1-7-4-9(13)5-10(11(7)12)19(16,17)14-8(2)6-18(3)15/h4-5,8,14H,6,13H2,1-3H3. The van der Waals surface area contributed by atoms with Gasteiger partial charge in [0.1, 0.15) is 10.7 Å². The van der Waals surface area contributed by atoms with E-state index in [-0.39, 0.29) is 17.0 Å². The predicted octanol–water partition coefficient (Wildman–Crippen LogP) is 0.762. The third kappa shape index (κ3) is 4.26. The highest BCUT2D eigenvalue weighted by molar-refractivity contribution is 7.89. The van der Waals surface area contributed by atoms with E-state index >= 15 is 0 Å². The van der Waals surface area contributed by atoms with Crippen LogP contribution in [0.1, 0.15) is 12.5 Å². The second-order valence-corrected chi connectivity index (χ2v) is 7.57. The zero-order valence-corrected chi connectivity index (χ0v) is 12.6. The van der Waals surface area contributed by atoms with Crippen LogP contribution < -0.4 is 10.5 Å². The number of nitrogens with two attached hydrogens (primary N) is 1. The van der Waals surface area contributed by atoms with Gasteiger partial charge in [0, 0.05) is 34.5 Å². The van der Waals surface area contributed by atoms with Crippen LogP contribution >= 0.6 is 0 Å². The van der Waals surface area contributed by atoms with Gasteiger partial charge in [-0.1, -0.05) is 0 Å². The SMILES string of the molecule is Cc1cc(N)cc(S(=O)(=O)NC(C)CS(C)=O)c1F.